The van der Waals surface area contributed by atoms with Crippen molar-refractivity contribution in [2.45, 2.75) is 13.2 Å². The van der Waals surface area contributed by atoms with Gasteiger partial charge in [-0.15, -0.1) is 0 Å². The van der Waals surface area contributed by atoms with E-state index in [1.165, 1.54) is 0 Å². The van der Waals surface area contributed by atoms with E-state index in [0.717, 1.165) is 11.3 Å². The molecule has 1 aromatic carbocycles. The van der Waals surface area contributed by atoms with Crippen molar-refractivity contribution in [2.75, 3.05) is 0 Å². The topological polar surface area (TPSA) is 21.6 Å². The molecule has 0 aliphatic carbocycles. The molecule has 0 radical (unpaired) electrons. The van der Waals surface area contributed by atoms with Crippen molar-refractivity contribution in [1.29, 1.82) is 0 Å². The summed E-state index contributed by atoms with van der Waals surface area (Å²) in [7, 11) is 0. The van der Waals surface area contributed by atoms with Crippen LogP contribution in [-0.2, 0) is 4.74 Å². The number of rotatable bonds is 1. The molecule has 2 heteroatoms. The van der Waals surface area contributed by atoms with Crippen molar-refractivity contribution >= 4 is 6.21 Å². The molecule has 0 fully saturated rings. The average molecular weight is 199 g/mol. The Morgan fingerprint density at radius 2 is 1.93 bits per heavy atom. The summed E-state index contributed by atoms with van der Waals surface area (Å²) in [6.07, 6.45) is 7.29. The number of allylic oxidation sites excluding steroid dienone is 4. The van der Waals surface area contributed by atoms with Gasteiger partial charge in [0.15, 0.2) is 0 Å². The van der Waals surface area contributed by atoms with Crippen LogP contribution in [0.25, 0.3) is 0 Å². The van der Waals surface area contributed by atoms with Gasteiger partial charge in [-0.3, -0.25) is 0 Å². The Hall–Kier alpha value is -1.83. The van der Waals surface area contributed by atoms with Crippen LogP contribution in [0.4, 0.5) is 0 Å². The number of nitrogens with zero attached hydrogens (tertiary/aromatic N) is 1. The van der Waals surface area contributed by atoms with Crippen molar-refractivity contribution in [3.63, 3.8) is 0 Å². The fourth-order valence-corrected chi connectivity index (χ4v) is 1.39. The van der Waals surface area contributed by atoms with Gasteiger partial charge < -0.3 is 4.74 Å². The highest BCUT2D eigenvalue weighted by atomic mass is 16.5. The first-order chi connectivity index (χ1) is 7.36. The second-order valence-electron chi connectivity index (χ2n) is 3.34. The van der Waals surface area contributed by atoms with Gasteiger partial charge in [0.2, 0.25) is 6.23 Å². The Kier molecular flexibility index (Phi) is 2.98. The number of hydrogen-bond donors (Lipinski definition) is 0. The highest BCUT2D eigenvalue weighted by Crippen LogP contribution is 2.22. The molecular weight excluding hydrogens is 186 g/mol. The van der Waals surface area contributed by atoms with E-state index in [4.69, 9.17) is 4.74 Å². The zero-order chi connectivity index (χ0) is 10.5. The van der Waals surface area contributed by atoms with Crippen LogP contribution in [0, 0.1) is 0 Å². The van der Waals surface area contributed by atoms with Crippen molar-refractivity contribution in [3.8, 4) is 0 Å². The minimum atomic E-state index is -0.229. The van der Waals surface area contributed by atoms with Crippen LogP contribution in [0.3, 0.4) is 0 Å². The first kappa shape index (κ1) is 9.71. The molecule has 1 heterocycles. The molecule has 1 aliphatic rings. The van der Waals surface area contributed by atoms with E-state index in [0.29, 0.717) is 0 Å². The molecule has 1 aliphatic heterocycles. The van der Waals surface area contributed by atoms with E-state index in [-0.39, 0.29) is 6.23 Å². The first-order valence-electron chi connectivity index (χ1n) is 4.94. The summed E-state index contributed by atoms with van der Waals surface area (Å²) in [5, 5.41) is 0. The summed E-state index contributed by atoms with van der Waals surface area (Å²) >= 11 is 0. The third-order valence-electron chi connectivity index (χ3n) is 2.13. The minimum absolute atomic E-state index is 0.229. The van der Waals surface area contributed by atoms with Crippen LogP contribution in [0.1, 0.15) is 18.7 Å². The summed E-state index contributed by atoms with van der Waals surface area (Å²) in [6, 6.07) is 9.99. The van der Waals surface area contributed by atoms with Crippen LogP contribution in [0.5, 0.6) is 0 Å². The monoisotopic (exact) mass is 199 g/mol. The number of aliphatic imine (C=N–C) groups is 1. The Bertz CT molecular complexity index is 404. The molecule has 0 amide bonds. The number of hydrogen-bond acceptors (Lipinski definition) is 2. The summed E-state index contributed by atoms with van der Waals surface area (Å²) < 4.78 is 5.69. The van der Waals surface area contributed by atoms with Crippen LogP contribution < -0.4 is 0 Å². The van der Waals surface area contributed by atoms with Gasteiger partial charge in [0.05, 0.1) is 5.76 Å². The predicted octanol–water partition coefficient (Wildman–Crippen LogP) is 3.25. The fraction of sp³-hybridized carbons (Fsp3) is 0.154. The summed E-state index contributed by atoms with van der Waals surface area (Å²) in [5.41, 5.74) is 1.07. The van der Waals surface area contributed by atoms with E-state index in [1.807, 2.05) is 55.5 Å². The minimum Gasteiger partial charge on any atom is -0.469 e. The number of ether oxygens (including phenoxy) is 1. The molecule has 1 aromatic rings. The van der Waals surface area contributed by atoms with Gasteiger partial charge in [-0.25, -0.2) is 4.99 Å². The quantitative estimate of drug-likeness (QED) is 0.680. The lowest BCUT2D eigenvalue weighted by atomic mass is 10.2. The van der Waals surface area contributed by atoms with Crippen molar-refractivity contribution < 1.29 is 4.74 Å². The molecule has 15 heavy (non-hydrogen) atoms. The van der Waals surface area contributed by atoms with Gasteiger partial charge in [-0.05, 0) is 19.1 Å². The van der Waals surface area contributed by atoms with Gasteiger partial charge in [0.1, 0.15) is 0 Å². The summed E-state index contributed by atoms with van der Waals surface area (Å²) in [5.74, 6) is 0.872. The summed E-state index contributed by atoms with van der Waals surface area (Å²) in [6.45, 7) is 1.93. The van der Waals surface area contributed by atoms with Crippen LogP contribution in [-0.4, -0.2) is 6.21 Å². The van der Waals surface area contributed by atoms with E-state index in [2.05, 4.69) is 4.99 Å². The molecule has 0 saturated heterocycles. The van der Waals surface area contributed by atoms with Crippen molar-refractivity contribution in [2.24, 2.45) is 4.99 Å². The normalized spacial score (nSPS) is 27.8. The molecule has 0 saturated carbocycles. The molecule has 0 spiro atoms. The van der Waals surface area contributed by atoms with E-state index < -0.39 is 0 Å². The fourth-order valence-electron chi connectivity index (χ4n) is 1.39. The van der Waals surface area contributed by atoms with Gasteiger partial charge in [0, 0.05) is 11.8 Å². The van der Waals surface area contributed by atoms with Crippen LogP contribution in [0.15, 0.2) is 59.3 Å². The molecule has 1 unspecified atom stereocenters. The van der Waals surface area contributed by atoms with E-state index >= 15 is 0 Å². The van der Waals surface area contributed by atoms with Crippen LogP contribution in [0.2, 0.25) is 0 Å². The highest BCUT2D eigenvalue weighted by molar-refractivity contribution is 5.71. The van der Waals surface area contributed by atoms with Gasteiger partial charge in [-0.2, -0.15) is 0 Å². The SMILES string of the molecule is C\C1=C/C=C\C=N/C(c2ccccc2)O1. The zero-order valence-electron chi connectivity index (χ0n) is 8.63. The lowest BCUT2D eigenvalue weighted by Gasteiger charge is -2.16. The lowest BCUT2D eigenvalue weighted by Crippen LogP contribution is -2.01. The lowest BCUT2D eigenvalue weighted by molar-refractivity contribution is 0.126. The van der Waals surface area contributed by atoms with E-state index in [1.54, 1.807) is 6.21 Å². The Balaban J connectivity index is 2.26. The molecule has 2 rings (SSSR count). The Labute approximate surface area is 89.6 Å². The van der Waals surface area contributed by atoms with Crippen molar-refractivity contribution in [1.82, 2.24) is 0 Å². The molecule has 0 aromatic heterocycles. The van der Waals surface area contributed by atoms with Crippen LogP contribution >= 0.6 is 0 Å². The smallest absolute Gasteiger partial charge is 0.215 e. The highest BCUT2D eigenvalue weighted by Gasteiger charge is 2.10. The predicted molar refractivity (Wildman–Crippen MR) is 61.7 cm³/mol. The maximum Gasteiger partial charge on any atom is 0.215 e. The van der Waals surface area contributed by atoms with Gasteiger partial charge in [-0.1, -0.05) is 36.4 Å². The molecular formula is C13H13NO. The Morgan fingerprint density at radius 3 is 2.73 bits per heavy atom. The third kappa shape index (κ3) is 2.56. The largest absolute Gasteiger partial charge is 0.469 e. The number of benzene rings is 1. The van der Waals surface area contributed by atoms with Crippen molar-refractivity contribution in [3.05, 3.63) is 59.9 Å². The molecule has 2 nitrogen and oxygen atoms in total. The standard InChI is InChI=1S/C13H13NO/c1-11-7-5-6-10-14-13(15-11)12-8-3-2-4-9-12/h2-10,13H,1H3/b6-5-,11-7+,14-10-. The Morgan fingerprint density at radius 1 is 1.13 bits per heavy atom. The van der Waals surface area contributed by atoms with Gasteiger partial charge >= 0.3 is 0 Å². The first-order valence-corrected chi connectivity index (χ1v) is 4.94. The van der Waals surface area contributed by atoms with Gasteiger partial charge in [0.25, 0.3) is 0 Å². The molecule has 76 valence electrons. The molecule has 0 bridgehead atoms. The maximum absolute atomic E-state index is 5.69. The maximum atomic E-state index is 5.69. The zero-order valence-corrected chi connectivity index (χ0v) is 8.63. The third-order valence-corrected chi connectivity index (χ3v) is 2.13. The second-order valence-corrected chi connectivity index (χ2v) is 3.34. The summed E-state index contributed by atoms with van der Waals surface area (Å²) in [4.78, 5) is 4.33. The second kappa shape index (κ2) is 4.60. The molecule has 0 N–H and O–H groups in total. The molecule has 1 atom stereocenters. The van der Waals surface area contributed by atoms with E-state index in [9.17, 15) is 0 Å². The average Bonchev–Trinajstić information content (AvgIpc) is 2.24.